The number of anilines is 6. The van der Waals surface area contributed by atoms with Crippen molar-refractivity contribution in [3.8, 4) is 5.88 Å². The molecule has 0 spiro atoms. The molecule has 4 aromatic rings. The van der Waals surface area contributed by atoms with E-state index in [-0.39, 0.29) is 0 Å². The van der Waals surface area contributed by atoms with Crippen LogP contribution in [0.2, 0.25) is 0 Å². The molecule has 2 N–H and O–H groups in total. The average Bonchev–Trinajstić information content (AvgIpc) is 3.11. The largest absolute Gasteiger partial charge is 0.479 e. The fourth-order valence-corrected chi connectivity index (χ4v) is 7.01. The maximum absolute atomic E-state index is 12.7. The maximum Gasteiger partial charge on any atom is 0.239 e. The number of benzene rings is 1. The molecule has 14 nitrogen and oxygen atoms in total. The van der Waals surface area contributed by atoms with Gasteiger partial charge in [-0.1, -0.05) is 19.6 Å². The number of piperazine rings is 1. The fourth-order valence-electron chi connectivity index (χ4n) is 6.49. The van der Waals surface area contributed by atoms with Crippen molar-refractivity contribution in [1.82, 2.24) is 34.7 Å². The van der Waals surface area contributed by atoms with E-state index >= 15 is 0 Å². The third-order valence-corrected chi connectivity index (χ3v) is 10.6. The van der Waals surface area contributed by atoms with Gasteiger partial charge in [-0.2, -0.15) is 9.97 Å². The number of nitrogens with one attached hydrogen (secondary N) is 2. The van der Waals surface area contributed by atoms with Crippen LogP contribution in [0.25, 0.3) is 17.1 Å². The lowest BCUT2D eigenvalue weighted by Gasteiger charge is -2.42. The van der Waals surface area contributed by atoms with E-state index in [1.165, 1.54) is 17.5 Å². The lowest BCUT2D eigenvalue weighted by Crippen LogP contribution is -2.52. The van der Waals surface area contributed by atoms with E-state index < -0.39 is 10.0 Å². The van der Waals surface area contributed by atoms with E-state index in [2.05, 4.69) is 66.9 Å². The minimum absolute atomic E-state index is 0.301. The van der Waals surface area contributed by atoms with Crippen LogP contribution >= 0.6 is 0 Å². The Morgan fingerprint density at radius 3 is 2.43 bits per heavy atom. The van der Waals surface area contributed by atoms with Gasteiger partial charge >= 0.3 is 0 Å². The molecule has 0 bridgehead atoms. The zero-order valence-corrected chi connectivity index (χ0v) is 29.7. The molecule has 2 aliphatic heterocycles. The van der Waals surface area contributed by atoms with Gasteiger partial charge in [0.2, 0.25) is 21.9 Å². The third kappa shape index (κ3) is 7.38. The molecule has 15 heteroatoms. The number of pyridine rings is 1. The number of likely N-dealkylation sites (N-methyl/N-ethyl adjacent to an activating group) is 1. The van der Waals surface area contributed by atoms with Gasteiger partial charge in [-0.3, -0.25) is 19.2 Å². The molecule has 0 radical (unpaired) electrons. The SMILES string of the molecule is C=Cc1cnc(Nc2cc(CC)c(N3CCC(N4CCN(C)CC4)CC3)nc2OC)nc1Nc1ccc2nccnc2c1N(C)S(C)(=O)=O. The zero-order valence-electron chi connectivity index (χ0n) is 28.8. The van der Waals surface area contributed by atoms with Gasteiger partial charge in [0.1, 0.15) is 28.5 Å². The van der Waals surface area contributed by atoms with Crippen molar-refractivity contribution < 1.29 is 13.2 Å². The predicted molar refractivity (Wildman–Crippen MR) is 196 cm³/mol. The maximum atomic E-state index is 12.7. The molecular formula is C34H45N11O3S. The summed E-state index contributed by atoms with van der Waals surface area (Å²) in [5.74, 6) is 2.12. The molecule has 2 aliphatic rings. The topological polar surface area (TPSA) is 145 Å². The first-order chi connectivity index (χ1) is 23.6. The van der Waals surface area contributed by atoms with Crippen LogP contribution in [0.15, 0.2) is 43.4 Å². The van der Waals surface area contributed by atoms with Crippen LogP contribution in [0.4, 0.5) is 34.6 Å². The number of hydrogen-bond acceptors (Lipinski definition) is 13. The third-order valence-electron chi connectivity index (χ3n) is 9.40. The standard InChI is InChI=1S/C34H45N11O3S/c1-7-23-21-28(33(48-5)41-32(23)45-15-11-25(12-16-45)44-19-17-42(3)18-20-44)39-34-37-22-24(8-2)31(40-34)38-27-10-9-26-29(36-14-13-35-26)30(27)43(4)49(6,46)47/h8-10,13-14,21-22,25H,2,7,11-12,15-20H2,1,3-6H3,(H2,37,38,39,40). The zero-order chi connectivity index (χ0) is 34.7. The van der Waals surface area contributed by atoms with Gasteiger partial charge in [-0.15, -0.1) is 0 Å². The number of aromatic nitrogens is 5. The highest BCUT2D eigenvalue weighted by molar-refractivity contribution is 7.92. The molecule has 6 rings (SSSR count). The highest BCUT2D eigenvalue weighted by Crippen LogP contribution is 2.37. The lowest BCUT2D eigenvalue weighted by atomic mass is 10.0. The number of aryl methyl sites for hydroxylation is 1. The molecule has 0 atom stereocenters. The van der Waals surface area contributed by atoms with Crippen LogP contribution in [0.1, 0.15) is 30.9 Å². The Kier molecular flexibility index (Phi) is 10.1. The molecular weight excluding hydrogens is 643 g/mol. The van der Waals surface area contributed by atoms with Crippen LogP contribution in [-0.2, 0) is 16.4 Å². The smallest absolute Gasteiger partial charge is 0.239 e. The molecule has 0 saturated carbocycles. The first-order valence-corrected chi connectivity index (χ1v) is 18.4. The average molecular weight is 688 g/mol. The monoisotopic (exact) mass is 687 g/mol. The second-order valence-electron chi connectivity index (χ2n) is 12.5. The second kappa shape index (κ2) is 14.5. The Balaban J connectivity index is 1.26. The van der Waals surface area contributed by atoms with Crippen molar-refractivity contribution in [2.24, 2.45) is 0 Å². The van der Waals surface area contributed by atoms with Crippen molar-refractivity contribution in [3.05, 3.63) is 54.5 Å². The van der Waals surface area contributed by atoms with Crippen LogP contribution in [0.5, 0.6) is 5.88 Å². The Labute approximate surface area is 288 Å². The molecule has 260 valence electrons. The molecule has 0 amide bonds. The lowest BCUT2D eigenvalue weighted by molar-refractivity contribution is 0.0981. The number of nitrogens with zero attached hydrogens (tertiary/aromatic N) is 9. The van der Waals surface area contributed by atoms with Gasteiger partial charge in [-0.25, -0.2) is 13.4 Å². The summed E-state index contributed by atoms with van der Waals surface area (Å²) in [6, 6.07) is 6.20. The number of ether oxygens (including phenoxy) is 1. The normalized spacial score (nSPS) is 16.5. The molecule has 0 aliphatic carbocycles. The molecule has 49 heavy (non-hydrogen) atoms. The van der Waals surface area contributed by atoms with E-state index in [4.69, 9.17) is 14.7 Å². The van der Waals surface area contributed by atoms with Crippen molar-refractivity contribution in [2.75, 3.05) is 86.6 Å². The van der Waals surface area contributed by atoms with Crippen molar-refractivity contribution in [3.63, 3.8) is 0 Å². The first kappa shape index (κ1) is 34.3. The molecule has 3 aromatic heterocycles. The number of sulfonamides is 1. The van der Waals surface area contributed by atoms with Gasteiger partial charge in [-0.05, 0) is 50.1 Å². The van der Waals surface area contributed by atoms with Crippen LogP contribution in [0.3, 0.4) is 0 Å². The Bertz CT molecular complexity index is 1920. The Morgan fingerprint density at radius 1 is 1.02 bits per heavy atom. The number of methoxy groups -OCH3 is 1. The van der Waals surface area contributed by atoms with Gasteiger partial charge in [0.25, 0.3) is 0 Å². The van der Waals surface area contributed by atoms with E-state index in [0.717, 1.165) is 76.2 Å². The minimum Gasteiger partial charge on any atom is -0.479 e. The Hall–Kier alpha value is -4.60. The molecule has 2 saturated heterocycles. The summed E-state index contributed by atoms with van der Waals surface area (Å²) in [4.78, 5) is 30.5. The summed E-state index contributed by atoms with van der Waals surface area (Å²) < 4.78 is 32.3. The first-order valence-electron chi connectivity index (χ1n) is 16.6. The summed E-state index contributed by atoms with van der Waals surface area (Å²) >= 11 is 0. The van der Waals surface area contributed by atoms with Crippen LogP contribution in [-0.4, -0.2) is 116 Å². The number of piperidine rings is 1. The number of fused-ring (bicyclic) bond motifs is 1. The highest BCUT2D eigenvalue weighted by Gasteiger charge is 2.29. The van der Waals surface area contributed by atoms with E-state index in [9.17, 15) is 8.42 Å². The Morgan fingerprint density at radius 2 is 1.76 bits per heavy atom. The van der Waals surface area contributed by atoms with Crippen LogP contribution in [0, 0.1) is 0 Å². The van der Waals surface area contributed by atoms with Crippen molar-refractivity contribution in [1.29, 1.82) is 0 Å². The van der Waals surface area contributed by atoms with Crippen molar-refractivity contribution >= 4 is 61.8 Å². The second-order valence-corrected chi connectivity index (χ2v) is 14.5. The number of hydrogen-bond donors (Lipinski definition) is 2. The summed E-state index contributed by atoms with van der Waals surface area (Å²) in [7, 11) is 1.66. The van der Waals surface area contributed by atoms with Gasteiger partial charge < -0.3 is 25.2 Å². The van der Waals surface area contributed by atoms with Crippen LogP contribution < -0.4 is 24.6 Å². The van der Waals surface area contributed by atoms with Crippen molar-refractivity contribution in [2.45, 2.75) is 32.2 Å². The van der Waals surface area contributed by atoms with Gasteiger partial charge in [0.15, 0.2) is 0 Å². The van der Waals surface area contributed by atoms with Gasteiger partial charge in [0.05, 0.1) is 24.6 Å². The summed E-state index contributed by atoms with van der Waals surface area (Å²) in [5, 5.41) is 6.61. The highest BCUT2D eigenvalue weighted by atomic mass is 32.2. The minimum atomic E-state index is -3.63. The molecule has 2 fully saturated rings. The quantitative estimate of drug-likeness (QED) is 0.233. The summed E-state index contributed by atoms with van der Waals surface area (Å²) in [6.45, 7) is 12.5. The predicted octanol–water partition coefficient (Wildman–Crippen LogP) is 4.13. The molecule has 1 aromatic carbocycles. The van der Waals surface area contributed by atoms with E-state index in [1.807, 2.05) is 0 Å². The van der Waals surface area contributed by atoms with E-state index in [1.54, 1.807) is 37.7 Å². The molecule has 0 unspecified atom stereocenters. The summed E-state index contributed by atoms with van der Waals surface area (Å²) in [6.07, 6.45) is 10.5. The summed E-state index contributed by atoms with van der Waals surface area (Å²) in [5.41, 5.74) is 4.17. The molecule has 5 heterocycles. The van der Waals surface area contributed by atoms with E-state index in [0.29, 0.717) is 57.3 Å². The number of rotatable bonds is 11. The fraction of sp³-hybridized carbons (Fsp3) is 0.441. The van der Waals surface area contributed by atoms with Gasteiger partial charge in [0, 0.05) is 76.5 Å².